The highest BCUT2D eigenvalue weighted by Crippen LogP contribution is 2.27. The van der Waals surface area contributed by atoms with Crippen LogP contribution in [0.3, 0.4) is 0 Å². The maximum atomic E-state index is 12.8. The van der Waals surface area contributed by atoms with E-state index >= 15 is 0 Å². The van der Waals surface area contributed by atoms with Gasteiger partial charge in [0.2, 0.25) is 0 Å². The number of ether oxygens (including phenoxy) is 2. The van der Waals surface area contributed by atoms with Gasteiger partial charge in [-0.25, -0.2) is 0 Å². The number of piperazine rings is 1. The van der Waals surface area contributed by atoms with Crippen molar-refractivity contribution in [2.75, 3.05) is 38.2 Å². The van der Waals surface area contributed by atoms with Gasteiger partial charge in [-0.15, -0.1) is 0 Å². The second-order valence-electron chi connectivity index (χ2n) is 7.14. The van der Waals surface area contributed by atoms with Crippen LogP contribution in [0.4, 0.5) is 5.69 Å². The summed E-state index contributed by atoms with van der Waals surface area (Å²) in [5.74, 6) is 1.54. The minimum atomic E-state index is -0.535. The van der Waals surface area contributed by atoms with Gasteiger partial charge in [-0.1, -0.05) is 11.6 Å². The zero-order chi connectivity index (χ0) is 20.3. The normalized spacial score (nSPS) is 15.3. The first kappa shape index (κ1) is 20.3. The molecule has 1 saturated heterocycles. The summed E-state index contributed by atoms with van der Waals surface area (Å²) >= 11 is 6.21. The zero-order valence-corrected chi connectivity index (χ0v) is 17.6. The number of methoxy groups -OCH3 is 1. The van der Waals surface area contributed by atoms with Gasteiger partial charge < -0.3 is 19.3 Å². The Kier molecular flexibility index (Phi) is 6.35. The Bertz CT molecular complexity index is 807. The maximum Gasteiger partial charge on any atom is 0.263 e. The second kappa shape index (κ2) is 8.74. The molecule has 6 heteroatoms. The molecule has 0 bridgehead atoms. The molecular weight excluding hydrogens is 376 g/mol. The molecule has 150 valence electrons. The Morgan fingerprint density at radius 3 is 2.11 bits per heavy atom. The van der Waals surface area contributed by atoms with Crippen molar-refractivity contribution in [1.82, 2.24) is 4.90 Å². The van der Waals surface area contributed by atoms with Gasteiger partial charge in [-0.2, -0.15) is 0 Å². The van der Waals surface area contributed by atoms with Crippen LogP contribution in [0.1, 0.15) is 18.1 Å². The van der Waals surface area contributed by atoms with Gasteiger partial charge in [-0.3, -0.25) is 4.79 Å². The minimum Gasteiger partial charge on any atom is -0.497 e. The number of amides is 1. The van der Waals surface area contributed by atoms with Crippen molar-refractivity contribution in [3.63, 3.8) is 0 Å². The second-order valence-corrected chi connectivity index (χ2v) is 7.52. The molecule has 0 spiro atoms. The van der Waals surface area contributed by atoms with E-state index in [1.54, 1.807) is 14.0 Å². The van der Waals surface area contributed by atoms with Gasteiger partial charge in [0.25, 0.3) is 5.91 Å². The number of hydrogen-bond donors (Lipinski definition) is 0. The zero-order valence-electron chi connectivity index (χ0n) is 16.9. The van der Waals surface area contributed by atoms with E-state index in [0.29, 0.717) is 18.8 Å². The highest BCUT2D eigenvalue weighted by molar-refractivity contribution is 6.32. The summed E-state index contributed by atoms with van der Waals surface area (Å²) in [5, 5.41) is 0.737. The van der Waals surface area contributed by atoms with Crippen LogP contribution in [0.15, 0.2) is 36.4 Å². The molecule has 1 atom stereocenters. The third kappa shape index (κ3) is 4.53. The van der Waals surface area contributed by atoms with Crippen molar-refractivity contribution in [2.45, 2.75) is 26.9 Å². The van der Waals surface area contributed by atoms with Crippen LogP contribution < -0.4 is 14.4 Å². The summed E-state index contributed by atoms with van der Waals surface area (Å²) in [6.07, 6.45) is -0.535. The number of halogens is 1. The Morgan fingerprint density at radius 1 is 1.00 bits per heavy atom. The molecule has 0 radical (unpaired) electrons. The van der Waals surface area contributed by atoms with E-state index in [-0.39, 0.29) is 5.91 Å². The van der Waals surface area contributed by atoms with Crippen LogP contribution in [-0.4, -0.2) is 50.2 Å². The molecule has 1 amide bonds. The molecular formula is C22H27ClN2O3. The van der Waals surface area contributed by atoms with Gasteiger partial charge in [0.1, 0.15) is 11.5 Å². The highest BCUT2D eigenvalue weighted by atomic mass is 35.5. The van der Waals surface area contributed by atoms with Crippen LogP contribution in [0, 0.1) is 13.8 Å². The molecule has 2 aromatic carbocycles. The van der Waals surface area contributed by atoms with Crippen LogP contribution in [0.25, 0.3) is 0 Å². The molecule has 1 aliphatic heterocycles. The molecule has 0 N–H and O–H groups in total. The Labute approximate surface area is 171 Å². The Hall–Kier alpha value is -2.40. The van der Waals surface area contributed by atoms with E-state index in [9.17, 15) is 4.79 Å². The van der Waals surface area contributed by atoms with Crippen molar-refractivity contribution < 1.29 is 14.3 Å². The molecule has 3 rings (SSSR count). The lowest BCUT2D eigenvalue weighted by Gasteiger charge is -2.37. The number of carbonyl (C=O) groups is 1. The van der Waals surface area contributed by atoms with Crippen molar-refractivity contribution in [3.8, 4) is 11.5 Å². The van der Waals surface area contributed by atoms with Gasteiger partial charge in [0, 0.05) is 36.9 Å². The lowest BCUT2D eigenvalue weighted by Crippen LogP contribution is -2.52. The number of nitrogens with zero attached hydrogens (tertiary/aromatic N) is 2. The third-order valence-electron chi connectivity index (χ3n) is 5.10. The highest BCUT2D eigenvalue weighted by Gasteiger charge is 2.26. The molecule has 1 aliphatic rings. The van der Waals surface area contributed by atoms with E-state index in [2.05, 4.69) is 4.90 Å². The van der Waals surface area contributed by atoms with E-state index in [1.807, 2.05) is 55.1 Å². The molecule has 28 heavy (non-hydrogen) atoms. The molecule has 0 aliphatic carbocycles. The fourth-order valence-electron chi connectivity index (χ4n) is 3.46. The fourth-order valence-corrected chi connectivity index (χ4v) is 3.57. The van der Waals surface area contributed by atoms with Crippen LogP contribution >= 0.6 is 11.6 Å². The lowest BCUT2D eigenvalue weighted by molar-refractivity contribution is -0.138. The smallest absolute Gasteiger partial charge is 0.263 e. The minimum absolute atomic E-state index is 0.0136. The molecule has 1 heterocycles. The third-order valence-corrected chi connectivity index (χ3v) is 5.70. The summed E-state index contributed by atoms with van der Waals surface area (Å²) < 4.78 is 11.1. The molecule has 0 unspecified atom stereocenters. The molecule has 5 nitrogen and oxygen atoms in total. The number of carbonyl (C=O) groups excluding carboxylic acids is 1. The summed E-state index contributed by atoms with van der Waals surface area (Å²) in [7, 11) is 1.66. The van der Waals surface area contributed by atoms with Crippen molar-refractivity contribution in [2.24, 2.45) is 0 Å². The molecule has 0 aromatic heterocycles. The predicted molar refractivity (Wildman–Crippen MR) is 113 cm³/mol. The summed E-state index contributed by atoms with van der Waals surface area (Å²) in [6, 6.07) is 11.8. The molecule has 2 aromatic rings. The Balaban J connectivity index is 1.56. The number of hydrogen-bond acceptors (Lipinski definition) is 4. The topological polar surface area (TPSA) is 42.0 Å². The van der Waals surface area contributed by atoms with Gasteiger partial charge in [0.15, 0.2) is 6.10 Å². The number of anilines is 1. The first-order valence-corrected chi connectivity index (χ1v) is 9.88. The standard InChI is InChI=1S/C22H27ClN2O3/c1-15-13-20(14-16(2)21(15)23)28-17(3)22(26)25-11-9-24(10-12-25)18-5-7-19(27-4)8-6-18/h5-8,13-14,17H,9-12H2,1-4H3/t17-/m0/s1. The Morgan fingerprint density at radius 2 is 1.57 bits per heavy atom. The quantitative estimate of drug-likeness (QED) is 0.755. The first-order chi connectivity index (χ1) is 13.4. The average molecular weight is 403 g/mol. The van der Waals surface area contributed by atoms with E-state index in [0.717, 1.165) is 40.7 Å². The summed E-state index contributed by atoms with van der Waals surface area (Å²) in [4.78, 5) is 17.0. The van der Waals surface area contributed by atoms with E-state index in [1.165, 1.54) is 0 Å². The monoisotopic (exact) mass is 402 g/mol. The van der Waals surface area contributed by atoms with Gasteiger partial charge in [-0.05, 0) is 68.3 Å². The van der Waals surface area contributed by atoms with Crippen LogP contribution in [-0.2, 0) is 4.79 Å². The molecule has 0 saturated carbocycles. The van der Waals surface area contributed by atoms with Gasteiger partial charge >= 0.3 is 0 Å². The summed E-state index contributed by atoms with van der Waals surface area (Å²) in [5.41, 5.74) is 3.04. The van der Waals surface area contributed by atoms with E-state index in [4.69, 9.17) is 21.1 Å². The molecule has 1 fully saturated rings. The van der Waals surface area contributed by atoms with Crippen molar-refractivity contribution in [1.29, 1.82) is 0 Å². The first-order valence-electron chi connectivity index (χ1n) is 9.50. The number of aryl methyl sites for hydroxylation is 2. The maximum absolute atomic E-state index is 12.8. The van der Waals surface area contributed by atoms with Gasteiger partial charge in [0.05, 0.1) is 7.11 Å². The van der Waals surface area contributed by atoms with Crippen LogP contribution in [0.5, 0.6) is 11.5 Å². The average Bonchev–Trinajstić information content (AvgIpc) is 2.71. The van der Waals surface area contributed by atoms with Crippen LogP contribution in [0.2, 0.25) is 5.02 Å². The number of rotatable bonds is 5. The summed E-state index contributed by atoms with van der Waals surface area (Å²) in [6.45, 7) is 8.62. The number of benzene rings is 2. The van der Waals surface area contributed by atoms with Crippen molar-refractivity contribution in [3.05, 3.63) is 52.5 Å². The van der Waals surface area contributed by atoms with Crippen molar-refractivity contribution >= 4 is 23.2 Å². The SMILES string of the molecule is COc1ccc(N2CCN(C(=O)[C@H](C)Oc3cc(C)c(Cl)c(C)c3)CC2)cc1. The lowest BCUT2D eigenvalue weighted by atomic mass is 10.1. The fraction of sp³-hybridized carbons (Fsp3) is 0.409. The largest absolute Gasteiger partial charge is 0.497 e. The predicted octanol–water partition coefficient (Wildman–Crippen LogP) is 4.08. The van der Waals surface area contributed by atoms with E-state index < -0.39 is 6.10 Å².